The van der Waals surface area contributed by atoms with Crippen molar-refractivity contribution in [1.82, 2.24) is 0 Å². The molecule has 1 N–H and O–H groups in total. The van der Waals surface area contributed by atoms with Crippen LogP contribution in [0.3, 0.4) is 0 Å². The van der Waals surface area contributed by atoms with Gasteiger partial charge >= 0.3 is 0 Å². The van der Waals surface area contributed by atoms with Gasteiger partial charge in [0.1, 0.15) is 0 Å². The highest BCUT2D eigenvalue weighted by atomic mass is 16.3. The SMILES string of the molecule is [CH2]CC(O)(CCCCCCCCCCCC)CCCCCCCCCCCCCCCCCC. The Morgan fingerprint density at radius 1 is 0.382 bits per heavy atom. The summed E-state index contributed by atoms with van der Waals surface area (Å²) in [6.07, 6.45) is 38.7. The van der Waals surface area contributed by atoms with E-state index in [9.17, 15) is 5.11 Å². The van der Waals surface area contributed by atoms with Crippen LogP contribution in [0.15, 0.2) is 0 Å². The lowest BCUT2D eigenvalue weighted by molar-refractivity contribution is 0.0198. The predicted octanol–water partition coefficient (Wildman–Crippen LogP) is 11.9. The van der Waals surface area contributed by atoms with Gasteiger partial charge in [-0.25, -0.2) is 0 Å². The Balaban J connectivity index is 3.39. The van der Waals surface area contributed by atoms with E-state index < -0.39 is 5.60 Å². The highest BCUT2D eigenvalue weighted by molar-refractivity contribution is 4.79. The van der Waals surface area contributed by atoms with Gasteiger partial charge in [0.05, 0.1) is 5.60 Å². The van der Waals surface area contributed by atoms with Crippen molar-refractivity contribution in [1.29, 1.82) is 0 Å². The molecule has 0 aliphatic rings. The third kappa shape index (κ3) is 25.1. The molecule has 0 rings (SSSR count). The van der Waals surface area contributed by atoms with Crippen molar-refractivity contribution < 1.29 is 5.11 Å². The first-order chi connectivity index (χ1) is 16.7. The van der Waals surface area contributed by atoms with Crippen molar-refractivity contribution in [3.8, 4) is 0 Å². The van der Waals surface area contributed by atoms with Gasteiger partial charge in [-0.05, 0) is 19.3 Å². The molecule has 0 saturated carbocycles. The maximum Gasteiger partial charge on any atom is 0.0647 e. The third-order valence-electron chi connectivity index (χ3n) is 7.96. The minimum Gasteiger partial charge on any atom is -0.390 e. The molecule has 0 fully saturated rings. The zero-order chi connectivity index (χ0) is 25.0. The van der Waals surface area contributed by atoms with Crippen molar-refractivity contribution in [3.05, 3.63) is 6.92 Å². The molecule has 0 aromatic heterocycles. The lowest BCUT2D eigenvalue weighted by Gasteiger charge is -2.27. The molecule has 0 spiro atoms. The largest absolute Gasteiger partial charge is 0.390 e. The van der Waals surface area contributed by atoms with Crippen LogP contribution in [0.4, 0.5) is 0 Å². The monoisotopic (exact) mass is 480 g/mol. The third-order valence-corrected chi connectivity index (χ3v) is 7.96. The van der Waals surface area contributed by atoms with Gasteiger partial charge in [0, 0.05) is 0 Å². The van der Waals surface area contributed by atoms with E-state index in [1.54, 1.807) is 0 Å². The fourth-order valence-electron chi connectivity index (χ4n) is 5.32. The van der Waals surface area contributed by atoms with Gasteiger partial charge in [0.15, 0.2) is 0 Å². The van der Waals surface area contributed by atoms with E-state index in [0.29, 0.717) is 6.42 Å². The molecule has 1 heteroatoms. The van der Waals surface area contributed by atoms with Crippen molar-refractivity contribution in [3.63, 3.8) is 0 Å². The van der Waals surface area contributed by atoms with E-state index in [2.05, 4.69) is 20.8 Å². The molecule has 34 heavy (non-hydrogen) atoms. The molecule has 0 bridgehead atoms. The normalized spacial score (nSPS) is 13.4. The van der Waals surface area contributed by atoms with Crippen LogP contribution < -0.4 is 0 Å². The summed E-state index contributed by atoms with van der Waals surface area (Å²) in [5.74, 6) is 0. The van der Waals surface area contributed by atoms with Crippen LogP contribution in [0.25, 0.3) is 0 Å². The molecule has 1 nitrogen and oxygen atoms in total. The smallest absolute Gasteiger partial charge is 0.0647 e. The van der Waals surface area contributed by atoms with Crippen molar-refractivity contribution in [2.45, 2.75) is 206 Å². The molecular formula is C33H67O. The fraction of sp³-hybridized carbons (Fsp3) is 0.970. The van der Waals surface area contributed by atoms with Crippen LogP contribution in [-0.4, -0.2) is 10.7 Å². The van der Waals surface area contributed by atoms with Crippen LogP contribution in [0.5, 0.6) is 0 Å². The van der Waals surface area contributed by atoms with Crippen LogP contribution in [0.2, 0.25) is 0 Å². The summed E-state index contributed by atoms with van der Waals surface area (Å²) in [5, 5.41) is 10.9. The summed E-state index contributed by atoms with van der Waals surface area (Å²) < 4.78 is 0. The second kappa shape index (κ2) is 27.5. The first-order valence-electron chi connectivity index (χ1n) is 16.2. The molecule has 0 saturated heterocycles. The van der Waals surface area contributed by atoms with Gasteiger partial charge in [-0.3, -0.25) is 0 Å². The zero-order valence-corrected chi connectivity index (χ0v) is 24.2. The summed E-state index contributed by atoms with van der Waals surface area (Å²) >= 11 is 0. The molecular weight excluding hydrogens is 412 g/mol. The molecule has 0 aliphatic heterocycles. The Labute approximate surface area is 217 Å². The second-order valence-electron chi connectivity index (χ2n) is 11.5. The predicted molar refractivity (Wildman–Crippen MR) is 156 cm³/mol. The molecule has 205 valence electrons. The van der Waals surface area contributed by atoms with E-state index in [4.69, 9.17) is 0 Å². The lowest BCUT2D eigenvalue weighted by Crippen LogP contribution is -2.27. The van der Waals surface area contributed by atoms with Gasteiger partial charge in [0.25, 0.3) is 0 Å². The van der Waals surface area contributed by atoms with Gasteiger partial charge in [-0.1, -0.05) is 188 Å². The van der Waals surface area contributed by atoms with Crippen molar-refractivity contribution in [2.24, 2.45) is 0 Å². The average Bonchev–Trinajstić information content (AvgIpc) is 2.85. The Bertz CT molecular complexity index is 366. The summed E-state index contributed by atoms with van der Waals surface area (Å²) in [5.41, 5.74) is -0.490. The average molecular weight is 480 g/mol. The quantitative estimate of drug-likeness (QED) is 0.106. The maximum atomic E-state index is 10.9. The van der Waals surface area contributed by atoms with Crippen LogP contribution in [0.1, 0.15) is 200 Å². The van der Waals surface area contributed by atoms with Crippen LogP contribution in [-0.2, 0) is 0 Å². The minimum absolute atomic E-state index is 0.490. The molecule has 0 amide bonds. The Hall–Kier alpha value is -0.0400. The molecule has 0 aromatic rings. The highest BCUT2D eigenvalue weighted by Crippen LogP contribution is 2.26. The number of hydrogen-bond donors (Lipinski definition) is 1. The van der Waals surface area contributed by atoms with Gasteiger partial charge in [-0.15, -0.1) is 0 Å². The lowest BCUT2D eigenvalue weighted by atomic mass is 9.87. The molecule has 0 aliphatic carbocycles. The summed E-state index contributed by atoms with van der Waals surface area (Å²) in [6, 6.07) is 0. The standard InChI is InChI=1S/C33H67O/c1-4-7-9-11-13-15-17-18-19-20-21-22-24-26-28-30-32-33(34,6-3)31-29-27-25-23-16-14-12-10-8-5-2/h34H,3-32H2,1-2H3. The number of hydrogen-bond acceptors (Lipinski definition) is 1. The number of unbranched alkanes of at least 4 members (excludes halogenated alkanes) is 24. The molecule has 1 unspecified atom stereocenters. The molecule has 1 atom stereocenters. The van der Waals surface area contributed by atoms with Gasteiger partial charge in [-0.2, -0.15) is 0 Å². The maximum absolute atomic E-state index is 10.9. The Morgan fingerprint density at radius 3 is 0.794 bits per heavy atom. The summed E-state index contributed by atoms with van der Waals surface area (Å²) in [7, 11) is 0. The number of rotatable bonds is 29. The highest BCUT2D eigenvalue weighted by Gasteiger charge is 2.23. The van der Waals surface area contributed by atoms with E-state index in [0.717, 1.165) is 12.8 Å². The topological polar surface area (TPSA) is 20.2 Å². The zero-order valence-electron chi connectivity index (χ0n) is 24.2. The van der Waals surface area contributed by atoms with Gasteiger partial charge in [0.2, 0.25) is 0 Å². The van der Waals surface area contributed by atoms with E-state index in [1.807, 2.05) is 0 Å². The van der Waals surface area contributed by atoms with Crippen LogP contribution >= 0.6 is 0 Å². The Kier molecular flexibility index (Phi) is 27.5. The molecule has 0 heterocycles. The minimum atomic E-state index is -0.490. The van der Waals surface area contributed by atoms with Gasteiger partial charge < -0.3 is 5.11 Å². The Morgan fingerprint density at radius 2 is 0.588 bits per heavy atom. The van der Waals surface area contributed by atoms with Crippen LogP contribution in [0, 0.1) is 6.92 Å². The summed E-state index contributed by atoms with van der Waals surface area (Å²) in [6.45, 7) is 8.64. The summed E-state index contributed by atoms with van der Waals surface area (Å²) in [4.78, 5) is 0. The van der Waals surface area contributed by atoms with E-state index in [1.165, 1.54) is 167 Å². The molecule has 1 radical (unpaired) electrons. The first kappa shape index (κ1) is 34.0. The van der Waals surface area contributed by atoms with Crippen molar-refractivity contribution >= 4 is 0 Å². The van der Waals surface area contributed by atoms with E-state index in [-0.39, 0.29) is 0 Å². The second-order valence-corrected chi connectivity index (χ2v) is 11.5. The fourth-order valence-corrected chi connectivity index (χ4v) is 5.32. The number of aliphatic hydroxyl groups is 1. The van der Waals surface area contributed by atoms with Crippen molar-refractivity contribution in [2.75, 3.05) is 0 Å². The molecule has 0 aromatic carbocycles. The van der Waals surface area contributed by atoms with E-state index >= 15 is 0 Å². The first-order valence-corrected chi connectivity index (χ1v) is 16.2.